The van der Waals surface area contributed by atoms with E-state index >= 15 is 0 Å². The number of nitrogens with one attached hydrogen (secondary N) is 2. The van der Waals surface area contributed by atoms with Gasteiger partial charge >= 0.3 is 0 Å². The Morgan fingerprint density at radius 3 is 2.54 bits per heavy atom. The van der Waals surface area contributed by atoms with Crippen molar-refractivity contribution in [1.29, 1.82) is 0 Å². The first-order valence-corrected chi connectivity index (χ1v) is 8.63. The first-order valence-electron chi connectivity index (χ1n) is 8.63. The van der Waals surface area contributed by atoms with Crippen molar-refractivity contribution >= 4 is 29.9 Å². The van der Waals surface area contributed by atoms with Gasteiger partial charge in [0.2, 0.25) is 0 Å². The van der Waals surface area contributed by atoms with Crippen LogP contribution < -0.4 is 10.6 Å². The third-order valence-corrected chi connectivity index (χ3v) is 4.45. The van der Waals surface area contributed by atoms with Gasteiger partial charge in [0.05, 0.1) is 18.3 Å². The molecule has 26 heavy (non-hydrogen) atoms. The van der Waals surface area contributed by atoms with E-state index < -0.39 is 0 Å². The zero-order chi connectivity index (χ0) is 18.6. The Morgan fingerprint density at radius 2 is 2.00 bits per heavy atom. The van der Waals surface area contributed by atoms with Crippen LogP contribution in [0.2, 0.25) is 0 Å². The average Bonchev–Trinajstić information content (AvgIpc) is 2.80. The topological polar surface area (TPSA) is 54.2 Å². The highest BCUT2D eigenvalue weighted by Gasteiger charge is 2.12. The van der Waals surface area contributed by atoms with Crippen LogP contribution in [0.4, 0.5) is 4.39 Å². The van der Waals surface area contributed by atoms with Gasteiger partial charge in [-0.25, -0.2) is 9.38 Å². The van der Waals surface area contributed by atoms with Crippen molar-refractivity contribution in [3.8, 4) is 0 Å². The van der Waals surface area contributed by atoms with E-state index in [1.165, 1.54) is 0 Å². The molecule has 7 heteroatoms. The van der Waals surface area contributed by atoms with E-state index in [4.69, 9.17) is 0 Å². The van der Waals surface area contributed by atoms with Crippen molar-refractivity contribution < 1.29 is 4.39 Å². The van der Waals surface area contributed by atoms with Gasteiger partial charge in [0.25, 0.3) is 0 Å². The SMILES string of the molecule is CCNC(=NCc1c(C)nn(C)c1C)NC(C)c1ccc(C)c(F)c1.I. The lowest BCUT2D eigenvalue weighted by molar-refractivity contribution is 0.607. The monoisotopic (exact) mass is 473 g/mol. The van der Waals surface area contributed by atoms with Crippen molar-refractivity contribution in [3.05, 3.63) is 52.1 Å². The van der Waals surface area contributed by atoms with Gasteiger partial charge in [0, 0.05) is 24.8 Å². The maximum Gasteiger partial charge on any atom is 0.192 e. The lowest BCUT2D eigenvalue weighted by Crippen LogP contribution is -2.38. The molecular formula is C19H29FIN5. The van der Waals surface area contributed by atoms with Gasteiger partial charge in [-0.15, -0.1) is 24.0 Å². The Labute approximate surface area is 172 Å². The lowest BCUT2D eigenvalue weighted by Gasteiger charge is -2.18. The largest absolute Gasteiger partial charge is 0.357 e. The molecule has 0 aliphatic heterocycles. The molecule has 1 heterocycles. The fraction of sp³-hybridized carbons (Fsp3) is 0.474. The van der Waals surface area contributed by atoms with Crippen LogP contribution in [0, 0.1) is 26.6 Å². The van der Waals surface area contributed by atoms with E-state index in [1.54, 1.807) is 19.1 Å². The number of aryl methyl sites for hydroxylation is 3. The molecular weight excluding hydrogens is 444 g/mol. The Morgan fingerprint density at radius 1 is 1.31 bits per heavy atom. The van der Waals surface area contributed by atoms with Crippen LogP contribution in [0.3, 0.4) is 0 Å². The predicted molar refractivity (Wildman–Crippen MR) is 116 cm³/mol. The van der Waals surface area contributed by atoms with E-state index in [0.717, 1.165) is 29.1 Å². The first kappa shape index (κ1) is 22.4. The van der Waals surface area contributed by atoms with Crippen LogP contribution in [0.1, 0.15) is 48.0 Å². The summed E-state index contributed by atoms with van der Waals surface area (Å²) in [5.74, 6) is 0.522. The van der Waals surface area contributed by atoms with E-state index in [-0.39, 0.29) is 35.8 Å². The summed E-state index contributed by atoms with van der Waals surface area (Å²) < 4.78 is 15.7. The number of guanidine groups is 1. The average molecular weight is 473 g/mol. The zero-order valence-corrected chi connectivity index (χ0v) is 18.7. The summed E-state index contributed by atoms with van der Waals surface area (Å²) in [5, 5.41) is 11.0. The number of nitrogens with zero attached hydrogens (tertiary/aromatic N) is 3. The molecule has 2 N–H and O–H groups in total. The van der Waals surface area contributed by atoms with Gasteiger partial charge in [0.15, 0.2) is 5.96 Å². The molecule has 1 unspecified atom stereocenters. The fourth-order valence-electron chi connectivity index (χ4n) is 2.69. The molecule has 0 bridgehead atoms. The third kappa shape index (κ3) is 5.43. The summed E-state index contributed by atoms with van der Waals surface area (Å²) in [6, 6.07) is 5.26. The van der Waals surface area contributed by atoms with E-state index in [1.807, 2.05) is 45.5 Å². The van der Waals surface area contributed by atoms with E-state index in [2.05, 4.69) is 20.7 Å². The van der Waals surface area contributed by atoms with Crippen LogP contribution >= 0.6 is 24.0 Å². The van der Waals surface area contributed by atoms with Crippen LogP contribution in [0.25, 0.3) is 0 Å². The molecule has 1 atom stereocenters. The number of hydrogen-bond donors (Lipinski definition) is 2. The van der Waals surface area contributed by atoms with Crippen molar-refractivity contribution in [3.63, 3.8) is 0 Å². The van der Waals surface area contributed by atoms with Gasteiger partial charge in [-0.2, -0.15) is 5.10 Å². The number of rotatable bonds is 5. The molecule has 1 aromatic heterocycles. The highest BCUT2D eigenvalue weighted by molar-refractivity contribution is 14.0. The minimum absolute atomic E-state index is 0. The molecule has 0 saturated carbocycles. The Balaban J connectivity index is 0.00000338. The molecule has 0 saturated heterocycles. The quantitative estimate of drug-likeness (QED) is 0.393. The zero-order valence-electron chi connectivity index (χ0n) is 16.4. The highest BCUT2D eigenvalue weighted by Crippen LogP contribution is 2.17. The van der Waals surface area contributed by atoms with Gasteiger partial charge in [-0.05, 0) is 51.8 Å². The molecule has 0 aliphatic rings. The fourth-order valence-corrected chi connectivity index (χ4v) is 2.69. The van der Waals surface area contributed by atoms with Crippen LogP contribution in [-0.4, -0.2) is 22.3 Å². The maximum absolute atomic E-state index is 13.8. The summed E-state index contributed by atoms with van der Waals surface area (Å²) in [6.07, 6.45) is 0. The normalized spacial score (nSPS) is 12.5. The molecule has 0 amide bonds. The second-order valence-corrected chi connectivity index (χ2v) is 6.34. The number of aromatic nitrogens is 2. The smallest absolute Gasteiger partial charge is 0.192 e. The first-order chi connectivity index (χ1) is 11.8. The Bertz CT molecular complexity index is 770. The van der Waals surface area contributed by atoms with E-state index in [0.29, 0.717) is 18.1 Å². The molecule has 0 aliphatic carbocycles. The van der Waals surface area contributed by atoms with Crippen molar-refractivity contribution in [2.45, 2.75) is 47.2 Å². The maximum atomic E-state index is 13.8. The van der Waals surface area contributed by atoms with Gasteiger partial charge in [-0.3, -0.25) is 4.68 Å². The third-order valence-electron chi connectivity index (χ3n) is 4.45. The second kappa shape index (κ2) is 9.89. The van der Waals surface area contributed by atoms with Crippen molar-refractivity contribution in [2.75, 3.05) is 6.54 Å². The molecule has 5 nitrogen and oxygen atoms in total. The number of hydrogen-bond acceptors (Lipinski definition) is 2. The van der Waals surface area contributed by atoms with Crippen LogP contribution in [0.5, 0.6) is 0 Å². The van der Waals surface area contributed by atoms with Gasteiger partial charge in [-0.1, -0.05) is 12.1 Å². The number of halogens is 2. The summed E-state index contributed by atoms with van der Waals surface area (Å²) in [6.45, 7) is 11.1. The van der Waals surface area contributed by atoms with Crippen LogP contribution in [-0.2, 0) is 13.6 Å². The summed E-state index contributed by atoms with van der Waals surface area (Å²) >= 11 is 0. The molecule has 2 aromatic rings. The van der Waals surface area contributed by atoms with E-state index in [9.17, 15) is 4.39 Å². The van der Waals surface area contributed by atoms with Crippen LogP contribution in [0.15, 0.2) is 23.2 Å². The highest BCUT2D eigenvalue weighted by atomic mass is 127. The lowest BCUT2D eigenvalue weighted by atomic mass is 10.1. The molecule has 1 aromatic carbocycles. The van der Waals surface area contributed by atoms with Gasteiger partial charge in [0.1, 0.15) is 5.82 Å². The number of aliphatic imine (C=N–C) groups is 1. The van der Waals surface area contributed by atoms with Crippen molar-refractivity contribution in [2.24, 2.45) is 12.0 Å². The Hall–Kier alpha value is -1.64. The summed E-state index contributed by atoms with van der Waals surface area (Å²) in [7, 11) is 1.94. The molecule has 2 rings (SSSR count). The predicted octanol–water partition coefficient (Wildman–Crippen LogP) is 3.92. The minimum atomic E-state index is -0.185. The second-order valence-electron chi connectivity index (χ2n) is 6.34. The summed E-state index contributed by atoms with van der Waals surface area (Å²) in [4.78, 5) is 4.67. The number of benzene rings is 1. The molecule has 0 radical (unpaired) electrons. The van der Waals surface area contributed by atoms with Crippen molar-refractivity contribution in [1.82, 2.24) is 20.4 Å². The molecule has 144 valence electrons. The minimum Gasteiger partial charge on any atom is -0.357 e. The summed E-state index contributed by atoms with van der Waals surface area (Å²) in [5.41, 5.74) is 4.79. The van der Waals surface area contributed by atoms with Gasteiger partial charge < -0.3 is 10.6 Å². The molecule has 0 spiro atoms. The molecule has 0 fully saturated rings. The Kier molecular flexibility index (Phi) is 8.52. The standard InChI is InChI=1S/C19H28FN5.HI/c1-7-21-19(22-11-17-14(4)24-25(6)15(17)5)23-13(3)16-9-8-12(2)18(20)10-16;/h8-10,13H,7,11H2,1-6H3,(H2,21,22,23);1H.